The van der Waals surface area contributed by atoms with E-state index in [0.717, 1.165) is 79.2 Å². The largest absolute Gasteiger partial charge is 0.484 e. The Morgan fingerprint density at radius 3 is 1.89 bits per heavy atom. The molecule has 1 aromatic heterocycles. The van der Waals surface area contributed by atoms with Crippen LogP contribution >= 0.6 is 7.60 Å². The molecule has 0 radical (unpaired) electrons. The number of esters is 7. The Morgan fingerprint density at radius 1 is 0.794 bits per heavy atom. The van der Waals surface area contributed by atoms with Gasteiger partial charge in [0.1, 0.15) is 36.4 Å². The van der Waals surface area contributed by atoms with Gasteiger partial charge in [-0.2, -0.15) is 4.98 Å². The first kappa shape index (κ1) is 51.1. The van der Waals surface area contributed by atoms with Crippen LogP contribution in [0.1, 0.15) is 68.5 Å². The Bertz CT molecular complexity index is 2090. The number of nitrogens with one attached hydrogen (secondary N) is 2. The normalized spacial score (nSPS) is 23.9. The van der Waals surface area contributed by atoms with Gasteiger partial charge in [-0.05, 0) is 6.07 Å². The maximum atomic E-state index is 14.3. The van der Waals surface area contributed by atoms with Gasteiger partial charge in [-0.25, -0.2) is 4.79 Å². The van der Waals surface area contributed by atoms with E-state index >= 15 is 0 Å². The number of hydrogen-bond donors (Lipinski definition) is 3. The van der Waals surface area contributed by atoms with Gasteiger partial charge >= 0.3 is 55.1 Å². The van der Waals surface area contributed by atoms with E-state index in [1.165, 1.54) is 6.07 Å². The van der Waals surface area contributed by atoms with Gasteiger partial charge in [0, 0.05) is 74.6 Å². The van der Waals surface area contributed by atoms with Crippen LogP contribution in [0.15, 0.2) is 28.9 Å². The van der Waals surface area contributed by atoms with Crippen molar-refractivity contribution >= 4 is 67.0 Å². The molecular weight excluding hydrogens is 871 g/mol. The molecule has 2 aliphatic rings. The smallest absolute Gasteiger partial charge is 0.376 e. The monoisotopic (exact) mass is 918 g/mol. The molecule has 3 N–H and O–H groups in total. The van der Waals surface area contributed by atoms with Crippen LogP contribution < -0.4 is 16.3 Å². The van der Waals surface area contributed by atoms with Crippen LogP contribution in [0, 0.1) is 0 Å². The van der Waals surface area contributed by atoms with Gasteiger partial charge in [-0.15, -0.1) is 0 Å². The molecule has 0 aromatic carbocycles. The number of nitrogens with zero attached hydrogens (tertiary/aromatic N) is 2. The zero-order valence-electron chi connectivity index (χ0n) is 35.3. The Kier molecular flexibility index (Phi) is 18.0. The minimum Gasteiger partial charge on any atom is -0.484 e. The molecule has 0 saturated carbocycles. The Labute approximate surface area is 357 Å². The molecule has 63 heavy (non-hydrogen) atoms. The predicted octanol–water partition coefficient (Wildman–Crippen LogP) is -0.801. The van der Waals surface area contributed by atoms with E-state index in [0.29, 0.717) is 0 Å². The number of aromatic nitrogens is 2. The summed E-state index contributed by atoms with van der Waals surface area (Å²) in [7, 11) is -5.55. The summed E-state index contributed by atoms with van der Waals surface area (Å²) in [4.78, 5) is 138. The summed E-state index contributed by atoms with van der Waals surface area (Å²) in [6, 6.07) is -0.391. The second-order valence-corrected chi connectivity index (χ2v) is 15.6. The van der Waals surface area contributed by atoms with Crippen molar-refractivity contribution in [1.82, 2.24) is 14.9 Å². The van der Waals surface area contributed by atoms with Gasteiger partial charge in [-0.3, -0.25) is 52.3 Å². The number of ether oxygens (including phenoxy) is 9. The van der Waals surface area contributed by atoms with E-state index in [1.807, 2.05) is 0 Å². The van der Waals surface area contributed by atoms with Crippen molar-refractivity contribution in [2.24, 2.45) is 0 Å². The second kappa shape index (κ2) is 22.2. The molecule has 1 fully saturated rings. The van der Waals surface area contributed by atoms with E-state index in [4.69, 9.17) is 47.2 Å². The molecule has 348 valence electrons. The molecule has 2 amide bonds. The molecule has 26 nitrogen and oxygen atoms in total. The lowest BCUT2D eigenvalue weighted by atomic mass is 9.93. The van der Waals surface area contributed by atoms with Crippen LogP contribution in [0.5, 0.6) is 0 Å². The van der Waals surface area contributed by atoms with Crippen LogP contribution in [0.3, 0.4) is 0 Å². The van der Waals surface area contributed by atoms with Gasteiger partial charge in [0.05, 0.1) is 6.61 Å². The lowest BCUT2D eigenvalue weighted by Crippen LogP contribution is -2.62. The van der Waals surface area contributed by atoms with Gasteiger partial charge < -0.3 is 62.7 Å². The van der Waals surface area contributed by atoms with Gasteiger partial charge in [0.25, 0.3) is 5.85 Å². The first-order valence-corrected chi connectivity index (χ1v) is 20.3. The van der Waals surface area contributed by atoms with Crippen molar-refractivity contribution in [3.63, 3.8) is 0 Å². The van der Waals surface area contributed by atoms with E-state index < -0.39 is 147 Å². The van der Waals surface area contributed by atoms with Crippen molar-refractivity contribution in [3.05, 3.63) is 34.6 Å². The Balaban J connectivity index is 2.16. The predicted molar refractivity (Wildman–Crippen MR) is 203 cm³/mol. The minimum atomic E-state index is -5.55. The van der Waals surface area contributed by atoms with Gasteiger partial charge in [0.15, 0.2) is 36.7 Å². The number of amides is 2. The summed E-state index contributed by atoms with van der Waals surface area (Å²) in [5, 5.41) is 4.76. The van der Waals surface area contributed by atoms with Crippen molar-refractivity contribution in [2.75, 3.05) is 18.5 Å². The van der Waals surface area contributed by atoms with E-state index in [9.17, 15) is 57.4 Å². The van der Waals surface area contributed by atoms with Crippen LogP contribution in [-0.4, -0.2) is 136 Å². The van der Waals surface area contributed by atoms with Crippen molar-refractivity contribution < 1.29 is 99.8 Å². The third kappa shape index (κ3) is 15.0. The highest BCUT2D eigenvalue weighted by atomic mass is 31.2. The molecule has 4 unspecified atom stereocenters. The highest BCUT2D eigenvalue weighted by molar-refractivity contribution is 7.53. The maximum Gasteiger partial charge on any atom is 0.376 e. The standard InChI is InChI=1S/C36H47N4O22P/c1-15(41)37-28-10-11-40(36(50)39-28)34-33(59-22(8)48)31(58-21(7)47)27(62-34)14-54-63(51,52)35(60-23(9)49)25-12-24(55-18(4)44)29(38-16(2)42)32(61-25)30(57-20(6)46)26(56-19(5)45)13-53-17(3)43/h10-12,24,26-27,29-35H,13-14H2,1-9H3,(H,38,42)(H,51,52)(H,37,39,41,50)/t24-,26-,27-,29-,30-,31?,32?,33?,34-,35-/m1/s1. The van der Waals surface area contributed by atoms with E-state index in [1.54, 1.807) is 0 Å². The van der Waals surface area contributed by atoms with E-state index in [-0.39, 0.29) is 5.82 Å². The summed E-state index contributed by atoms with van der Waals surface area (Å²) in [5.74, 6) is -11.9. The van der Waals surface area contributed by atoms with Crippen LogP contribution in [0.2, 0.25) is 0 Å². The summed E-state index contributed by atoms with van der Waals surface area (Å²) < 4.78 is 69.7. The van der Waals surface area contributed by atoms with Crippen molar-refractivity contribution in [3.8, 4) is 0 Å². The number of anilines is 1. The number of hydrogen-bond acceptors (Lipinski definition) is 22. The van der Waals surface area contributed by atoms with Crippen LogP contribution in [0.25, 0.3) is 0 Å². The quantitative estimate of drug-likeness (QED) is 0.0921. The average Bonchev–Trinajstić information content (AvgIpc) is 3.44. The fraction of sp³-hybridized carbons (Fsp3) is 0.583. The maximum absolute atomic E-state index is 14.3. The summed E-state index contributed by atoms with van der Waals surface area (Å²) in [5.41, 5.74) is -1.05. The summed E-state index contributed by atoms with van der Waals surface area (Å²) in [6.07, 6.45) is -11.8. The third-order valence-electron chi connectivity index (χ3n) is 8.28. The fourth-order valence-electron chi connectivity index (χ4n) is 6.25. The zero-order chi connectivity index (χ0) is 47.5. The highest BCUT2D eigenvalue weighted by Gasteiger charge is 2.54. The van der Waals surface area contributed by atoms with Crippen LogP contribution in [-0.2, 0) is 94.9 Å². The molecule has 2 aliphatic heterocycles. The lowest BCUT2D eigenvalue weighted by Gasteiger charge is -2.42. The lowest BCUT2D eigenvalue weighted by molar-refractivity contribution is -0.192. The fourth-order valence-corrected chi connectivity index (χ4v) is 7.50. The van der Waals surface area contributed by atoms with Crippen LogP contribution in [0.4, 0.5) is 5.82 Å². The zero-order valence-corrected chi connectivity index (χ0v) is 36.2. The van der Waals surface area contributed by atoms with Gasteiger partial charge in [0.2, 0.25) is 11.8 Å². The molecule has 1 aromatic rings. The van der Waals surface area contributed by atoms with Crippen molar-refractivity contribution in [2.45, 2.75) is 123 Å². The molecule has 0 aliphatic carbocycles. The SMILES string of the molecule is CC(=O)Nc1ccn([C@@H]2O[C@H](COP(=O)(O)[C@@H](OC(C)=O)C3=C[C@@H](OC(C)=O)[C@@H](NC(C)=O)C([C@H](OC(C)=O)[C@@H](COC(C)=O)OC(C)=O)O3)C(OC(C)=O)C2OC(C)=O)c(=O)n1. The molecule has 0 spiro atoms. The average molecular weight is 919 g/mol. The van der Waals surface area contributed by atoms with E-state index in [2.05, 4.69) is 15.6 Å². The summed E-state index contributed by atoms with van der Waals surface area (Å²) >= 11 is 0. The van der Waals surface area contributed by atoms with Gasteiger partial charge in [-0.1, -0.05) is 0 Å². The molecule has 0 bridgehead atoms. The molecule has 27 heteroatoms. The Morgan fingerprint density at radius 2 is 1.38 bits per heavy atom. The molecule has 3 rings (SSSR count). The first-order valence-electron chi connectivity index (χ1n) is 18.6. The number of carbonyl (C=O) groups is 9. The third-order valence-corrected chi connectivity index (χ3v) is 9.75. The first-order chi connectivity index (χ1) is 29.3. The Hall–Kier alpha value is -6.24. The topological polar surface area (TPSA) is 342 Å². The number of carbonyl (C=O) groups excluding carboxylic acids is 9. The number of rotatable bonds is 18. The second-order valence-electron chi connectivity index (χ2n) is 13.7. The molecule has 3 heterocycles. The van der Waals surface area contributed by atoms with Crippen molar-refractivity contribution in [1.29, 1.82) is 0 Å². The molecule has 11 atom stereocenters. The minimum absolute atomic E-state index is 0.161. The summed E-state index contributed by atoms with van der Waals surface area (Å²) in [6.45, 7) is 6.98. The highest BCUT2D eigenvalue weighted by Crippen LogP contribution is 2.53. The molecular formula is C36H47N4O22P. The molecule has 1 saturated heterocycles.